The summed E-state index contributed by atoms with van der Waals surface area (Å²) in [5.74, 6) is 0. The van der Waals surface area contributed by atoms with Crippen LogP contribution in [0.2, 0.25) is 0 Å². The van der Waals surface area contributed by atoms with Gasteiger partial charge in [-0.3, -0.25) is 4.55 Å². The third kappa shape index (κ3) is 12.3. The molecular weight excluding hydrogens is 256 g/mol. The monoisotopic (exact) mass is 282 g/mol. The highest BCUT2D eigenvalue weighted by molar-refractivity contribution is 7.80. The maximum absolute atomic E-state index is 10.6. The second-order valence-corrected chi connectivity index (χ2v) is 5.43. The highest BCUT2D eigenvalue weighted by Gasteiger charge is 2.16. The van der Waals surface area contributed by atoms with Crippen molar-refractivity contribution in [2.45, 2.75) is 71.5 Å². The smallest absolute Gasteiger partial charge is 0.351 e. The van der Waals surface area contributed by atoms with Gasteiger partial charge in [0.2, 0.25) is 0 Å². The second-order valence-electron chi connectivity index (χ2n) is 4.38. The van der Waals surface area contributed by atoms with Crippen molar-refractivity contribution in [1.29, 1.82) is 0 Å². The highest BCUT2D eigenvalue weighted by Crippen LogP contribution is 2.10. The summed E-state index contributed by atoms with van der Waals surface area (Å²) in [7, 11) is -4.43. The fourth-order valence-corrected chi connectivity index (χ4v) is 2.05. The van der Waals surface area contributed by atoms with Gasteiger partial charge >= 0.3 is 10.4 Å². The lowest BCUT2D eigenvalue weighted by Crippen LogP contribution is -2.21. The van der Waals surface area contributed by atoms with Gasteiger partial charge in [-0.05, 0) is 12.8 Å². The summed E-state index contributed by atoms with van der Waals surface area (Å²) in [5, 5.41) is 0. The first-order valence-electron chi connectivity index (χ1n) is 6.77. The molecule has 0 fully saturated rings. The SMILES string of the molecule is CCCCCCCCOC(CCC)OS(=O)(=O)O. The molecule has 1 atom stereocenters. The minimum absolute atomic E-state index is 0.454. The van der Waals surface area contributed by atoms with E-state index in [4.69, 9.17) is 9.29 Å². The Hall–Kier alpha value is -0.170. The Morgan fingerprint density at radius 1 is 1.00 bits per heavy atom. The van der Waals surface area contributed by atoms with Gasteiger partial charge in [-0.1, -0.05) is 52.4 Å². The number of hydrogen-bond donors (Lipinski definition) is 1. The molecule has 1 N–H and O–H groups in total. The van der Waals surface area contributed by atoms with Crippen LogP contribution >= 0.6 is 0 Å². The zero-order valence-corrected chi connectivity index (χ0v) is 12.2. The molecule has 0 aliphatic carbocycles. The summed E-state index contributed by atoms with van der Waals surface area (Å²) in [6, 6.07) is 0. The first-order chi connectivity index (χ1) is 8.49. The van der Waals surface area contributed by atoms with Crippen LogP contribution < -0.4 is 0 Å². The lowest BCUT2D eigenvalue weighted by molar-refractivity contribution is -0.0867. The standard InChI is InChI=1S/C12H26O5S/c1-3-5-6-7-8-9-11-16-12(10-4-2)17-18(13,14)15/h12H,3-11H2,1-2H3,(H,13,14,15). The van der Waals surface area contributed by atoms with Gasteiger partial charge in [-0.15, -0.1) is 0 Å². The molecule has 0 radical (unpaired) electrons. The normalized spacial score (nSPS) is 13.7. The van der Waals surface area contributed by atoms with E-state index in [0.717, 1.165) is 19.3 Å². The predicted octanol–water partition coefficient (Wildman–Crippen LogP) is 3.31. The molecule has 6 heteroatoms. The molecule has 0 saturated carbocycles. The average Bonchev–Trinajstić information content (AvgIpc) is 2.26. The number of ether oxygens (including phenoxy) is 1. The van der Waals surface area contributed by atoms with Crippen LogP contribution in [0.1, 0.15) is 65.2 Å². The third-order valence-electron chi connectivity index (χ3n) is 2.55. The van der Waals surface area contributed by atoms with Gasteiger partial charge in [0.25, 0.3) is 0 Å². The average molecular weight is 282 g/mol. The molecule has 0 saturated heterocycles. The molecule has 0 aromatic heterocycles. The molecule has 5 nitrogen and oxygen atoms in total. The number of unbranched alkanes of at least 4 members (excludes halogenated alkanes) is 5. The zero-order chi connectivity index (χ0) is 13.9. The van der Waals surface area contributed by atoms with E-state index in [1.807, 2.05) is 6.92 Å². The quantitative estimate of drug-likeness (QED) is 0.338. The van der Waals surface area contributed by atoms with Crippen molar-refractivity contribution in [2.75, 3.05) is 6.61 Å². The topological polar surface area (TPSA) is 72.8 Å². The van der Waals surface area contributed by atoms with Gasteiger partial charge < -0.3 is 4.74 Å². The first kappa shape index (κ1) is 17.8. The lowest BCUT2D eigenvalue weighted by Gasteiger charge is -2.15. The second kappa shape index (κ2) is 10.7. The fourth-order valence-electron chi connectivity index (χ4n) is 1.63. The summed E-state index contributed by atoms with van der Waals surface area (Å²) in [4.78, 5) is 0. The largest absolute Gasteiger partial charge is 0.399 e. The summed E-state index contributed by atoms with van der Waals surface area (Å²) in [6.45, 7) is 4.53. The molecule has 18 heavy (non-hydrogen) atoms. The zero-order valence-electron chi connectivity index (χ0n) is 11.4. The third-order valence-corrected chi connectivity index (χ3v) is 3.01. The maximum Gasteiger partial charge on any atom is 0.399 e. The van der Waals surface area contributed by atoms with Crippen LogP contribution in [-0.4, -0.2) is 25.9 Å². The van der Waals surface area contributed by atoms with Crippen molar-refractivity contribution in [2.24, 2.45) is 0 Å². The van der Waals surface area contributed by atoms with Gasteiger partial charge in [0, 0.05) is 6.61 Å². The molecule has 0 aromatic carbocycles. The summed E-state index contributed by atoms with van der Waals surface area (Å²) in [6.07, 6.45) is 7.17. The Balaban J connectivity index is 3.64. The molecule has 110 valence electrons. The Kier molecular flexibility index (Phi) is 10.6. The molecular formula is C12H26O5S. The van der Waals surface area contributed by atoms with Gasteiger partial charge in [0.1, 0.15) is 0 Å². The van der Waals surface area contributed by atoms with E-state index in [-0.39, 0.29) is 0 Å². The van der Waals surface area contributed by atoms with E-state index in [1.165, 1.54) is 25.7 Å². The Morgan fingerprint density at radius 2 is 1.61 bits per heavy atom. The van der Waals surface area contributed by atoms with E-state index in [0.29, 0.717) is 13.0 Å². The highest BCUT2D eigenvalue weighted by atomic mass is 32.3. The minimum atomic E-state index is -4.43. The van der Waals surface area contributed by atoms with Crippen LogP contribution in [0.25, 0.3) is 0 Å². The van der Waals surface area contributed by atoms with E-state index < -0.39 is 16.7 Å². The summed E-state index contributed by atoms with van der Waals surface area (Å²) < 4.78 is 39.5. The summed E-state index contributed by atoms with van der Waals surface area (Å²) in [5.41, 5.74) is 0. The van der Waals surface area contributed by atoms with Crippen LogP contribution in [0.3, 0.4) is 0 Å². The van der Waals surface area contributed by atoms with Crippen molar-refractivity contribution >= 4 is 10.4 Å². The predicted molar refractivity (Wildman–Crippen MR) is 70.7 cm³/mol. The first-order valence-corrected chi connectivity index (χ1v) is 8.13. The van der Waals surface area contributed by atoms with Crippen LogP contribution in [0, 0.1) is 0 Å². The van der Waals surface area contributed by atoms with E-state index >= 15 is 0 Å². The molecule has 0 spiro atoms. The van der Waals surface area contributed by atoms with Crippen LogP contribution in [0.15, 0.2) is 0 Å². The van der Waals surface area contributed by atoms with Gasteiger partial charge in [0.15, 0.2) is 6.29 Å². The van der Waals surface area contributed by atoms with Gasteiger partial charge in [0.05, 0.1) is 0 Å². The number of rotatable bonds is 12. The molecule has 0 aliphatic heterocycles. The van der Waals surface area contributed by atoms with Gasteiger partial charge in [-0.25, -0.2) is 4.18 Å². The molecule has 0 amide bonds. The van der Waals surface area contributed by atoms with Crippen molar-refractivity contribution in [3.8, 4) is 0 Å². The van der Waals surface area contributed by atoms with Crippen molar-refractivity contribution in [1.82, 2.24) is 0 Å². The van der Waals surface area contributed by atoms with Gasteiger partial charge in [-0.2, -0.15) is 8.42 Å². The van der Waals surface area contributed by atoms with Crippen LogP contribution in [0.5, 0.6) is 0 Å². The van der Waals surface area contributed by atoms with Crippen LogP contribution in [-0.2, 0) is 19.3 Å². The van der Waals surface area contributed by atoms with Crippen molar-refractivity contribution < 1.29 is 21.9 Å². The maximum atomic E-state index is 10.6. The molecule has 0 bridgehead atoms. The molecule has 0 rings (SSSR count). The minimum Gasteiger partial charge on any atom is -0.351 e. The molecule has 1 unspecified atom stereocenters. The van der Waals surface area contributed by atoms with E-state index in [9.17, 15) is 8.42 Å². The van der Waals surface area contributed by atoms with Crippen molar-refractivity contribution in [3.05, 3.63) is 0 Å². The number of hydrogen-bond acceptors (Lipinski definition) is 4. The van der Waals surface area contributed by atoms with Crippen LogP contribution in [0.4, 0.5) is 0 Å². The molecule has 0 aliphatic rings. The van der Waals surface area contributed by atoms with E-state index in [2.05, 4.69) is 11.1 Å². The Bertz CT molecular complexity index is 276. The van der Waals surface area contributed by atoms with E-state index in [1.54, 1.807) is 0 Å². The van der Waals surface area contributed by atoms with Crippen molar-refractivity contribution in [3.63, 3.8) is 0 Å². The summed E-state index contributed by atoms with van der Waals surface area (Å²) >= 11 is 0. The molecule has 0 heterocycles. The molecule has 0 aromatic rings. The lowest BCUT2D eigenvalue weighted by atomic mass is 10.1. The fraction of sp³-hybridized carbons (Fsp3) is 1.00. The Labute approximate surface area is 111 Å². The Morgan fingerprint density at radius 3 is 2.17 bits per heavy atom.